The van der Waals surface area contributed by atoms with Gasteiger partial charge in [0.1, 0.15) is 12.6 Å². The zero-order valence-corrected chi connectivity index (χ0v) is 13.5. The molecule has 0 aromatic heterocycles. The van der Waals surface area contributed by atoms with Crippen LogP contribution in [0.1, 0.15) is 32.3 Å². The number of β-amino-alcohol motifs (C(OH)–C–C–N with tert-alkyl or cyclic N) is 1. The maximum Gasteiger partial charge on any atom is 0.410 e. The summed E-state index contributed by atoms with van der Waals surface area (Å²) in [4.78, 5) is 25.7. The second kappa shape index (κ2) is 7.97. The maximum atomic E-state index is 12.3. The maximum absolute atomic E-state index is 12.3. The molecule has 0 bridgehead atoms. The van der Waals surface area contributed by atoms with Crippen LogP contribution in [0.5, 0.6) is 0 Å². The van der Waals surface area contributed by atoms with Crippen molar-refractivity contribution in [1.29, 1.82) is 0 Å². The van der Waals surface area contributed by atoms with Crippen LogP contribution in [-0.4, -0.2) is 46.9 Å². The lowest BCUT2D eigenvalue weighted by Gasteiger charge is -2.35. The molecule has 1 heterocycles. The Bertz CT molecular complexity index is 531. The van der Waals surface area contributed by atoms with E-state index in [0.717, 1.165) is 5.56 Å². The third-order valence-corrected chi connectivity index (χ3v) is 3.62. The first kappa shape index (κ1) is 17.3. The standard InChI is InChI=1S/C17H23NO5/c1-12(2)23-17(21)18-10-14(19)8-9-15(18)16(20)22-11-13-6-4-3-5-7-13/h3-7,12,14-15,19H,8-11H2,1-2H3/t14-,15+/m1/s1. The summed E-state index contributed by atoms with van der Waals surface area (Å²) in [6, 6.07) is 8.63. The molecule has 6 nitrogen and oxygen atoms in total. The number of rotatable bonds is 4. The van der Waals surface area contributed by atoms with Crippen molar-refractivity contribution in [2.45, 2.75) is 51.5 Å². The molecule has 23 heavy (non-hydrogen) atoms. The first-order chi connectivity index (χ1) is 11.0. The van der Waals surface area contributed by atoms with E-state index in [0.29, 0.717) is 12.8 Å². The number of benzene rings is 1. The van der Waals surface area contributed by atoms with Gasteiger partial charge in [0.2, 0.25) is 0 Å². The Morgan fingerprint density at radius 3 is 2.61 bits per heavy atom. The molecule has 0 unspecified atom stereocenters. The van der Waals surface area contributed by atoms with Crippen LogP contribution in [-0.2, 0) is 20.9 Å². The van der Waals surface area contributed by atoms with Crippen LogP contribution in [0.25, 0.3) is 0 Å². The smallest absolute Gasteiger partial charge is 0.410 e. The predicted molar refractivity (Wildman–Crippen MR) is 83.6 cm³/mol. The van der Waals surface area contributed by atoms with Gasteiger partial charge in [-0.2, -0.15) is 0 Å². The van der Waals surface area contributed by atoms with Gasteiger partial charge in [0.05, 0.1) is 18.8 Å². The third kappa shape index (κ3) is 4.96. The van der Waals surface area contributed by atoms with E-state index in [4.69, 9.17) is 9.47 Å². The monoisotopic (exact) mass is 321 g/mol. The van der Waals surface area contributed by atoms with E-state index >= 15 is 0 Å². The highest BCUT2D eigenvalue weighted by Gasteiger charge is 2.37. The number of aliphatic hydroxyl groups excluding tert-OH is 1. The molecule has 6 heteroatoms. The fourth-order valence-electron chi connectivity index (χ4n) is 2.49. The molecule has 2 atom stereocenters. The van der Waals surface area contributed by atoms with Crippen LogP contribution in [0.15, 0.2) is 30.3 Å². The largest absolute Gasteiger partial charge is 0.459 e. The van der Waals surface area contributed by atoms with Gasteiger partial charge in [-0.25, -0.2) is 9.59 Å². The van der Waals surface area contributed by atoms with Gasteiger partial charge in [-0.3, -0.25) is 4.90 Å². The fourth-order valence-corrected chi connectivity index (χ4v) is 2.49. The van der Waals surface area contributed by atoms with Crippen LogP contribution in [0.2, 0.25) is 0 Å². The number of ether oxygens (including phenoxy) is 2. The Balaban J connectivity index is 1.99. The van der Waals surface area contributed by atoms with Crippen LogP contribution in [0.3, 0.4) is 0 Å². The SMILES string of the molecule is CC(C)OC(=O)N1C[C@H](O)CC[C@H]1C(=O)OCc1ccccc1. The van der Waals surface area contributed by atoms with Crippen molar-refractivity contribution in [3.8, 4) is 0 Å². The van der Waals surface area contributed by atoms with Gasteiger partial charge in [0.25, 0.3) is 0 Å². The van der Waals surface area contributed by atoms with Crippen LogP contribution in [0.4, 0.5) is 4.79 Å². The number of amides is 1. The van der Waals surface area contributed by atoms with Gasteiger partial charge in [0, 0.05) is 0 Å². The molecule has 1 saturated heterocycles. The summed E-state index contributed by atoms with van der Waals surface area (Å²) in [6.07, 6.45) is -0.714. The van der Waals surface area contributed by atoms with Gasteiger partial charge in [-0.05, 0) is 32.3 Å². The minimum atomic E-state index is -0.714. The quantitative estimate of drug-likeness (QED) is 0.860. The minimum Gasteiger partial charge on any atom is -0.459 e. The summed E-state index contributed by atoms with van der Waals surface area (Å²) in [5.41, 5.74) is 0.882. The normalized spacial score (nSPS) is 21.1. The molecule has 1 amide bonds. The molecule has 0 saturated carbocycles. The molecule has 126 valence electrons. The predicted octanol–water partition coefficient (Wildman–Crippen LogP) is 2.10. The van der Waals surface area contributed by atoms with Crippen LogP contribution >= 0.6 is 0 Å². The zero-order valence-electron chi connectivity index (χ0n) is 13.5. The number of esters is 1. The highest BCUT2D eigenvalue weighted by molar-refractivity contribution is 5.81. The molecule has 1 aliphatic rings. The fraction of sp³-hybridized carbons (Fsp3) is 0.529. The molecular weight excluding hydrogens is 298 g/mol. The highest BCUT2D eigenvalue weighted by Crippen LogP contribution is 2.20. The van der Waals surface area contributed by atoms with E-state index in [-0.39, 0.29) is 19.3 Å². The number of hydrogen-bond donors (Lipinski definition) is 1. The molecule has 0 spiro atoms. The lowest BCUT2D eigenvalue weighted by atomic mass is 10.0. The molecule has 1 N–H and O–H groups in total. The molecule has 1 aromatic carbocycles. The minimum absolute atomic E-state index is 0.0800. The summed E-state index contributed by atoms with van der Waals surface area (Å²) in [5, 5.41) is 9.77. The second-order valence-electron chi connectivity index (χ2n) is 5.93. The van der Waals surface area contributed by atoms with E-state index in [2.05, 4.69) is 0 Å². The lowest BCUT2D eigenvalue weighted by molar-refractivity contribution is -0.153. The van der Waals surface area contributed by atoms with E-state index in [9.17, 15) is 14.7 Å². The number of carbonyl (C=O) groups is 2. The Morgan fingerprint density at radius 2 is 1.96 bits per heavy atom. The lowest BCUT2D eigenvalue weighted by Crippen LogP contribution is -2.53. The van der Waals surface area contributed by atoms with Crippen LogP contribution in [0, 0.1) is 0 Å². The molecule has 1 aliphatic heterocycles. The first-order valence-corrected chi connectivity index (χ1v) is 7.83. The van der Waals surface area contributed by atoms with Crippen molar-refractivity contribution in [2.75, 3.05) is 6.54 Å². The van der Waals surface area contributed by atoms with Crippen molar-refractivity contribution >= 4 is 12.1 Å². The third-order valence-electron chi connectivity index (χ3n) is 3.62. The molecular formula is C17H23NO5. The summed E-state index contributed by atoms with van der Waals surface area (Å²) >= 11 is 0. The van der Waals surface area contributed by atoms with Gasteiger partial charge in [-0.15, -0.1) is 0 Å². The molecule has 1 aromatic rings. The Labute approximate surface area is 136 Å². The second-order valence-corrected chi connectivity index (χ2v) is 5.93. The first-order valence-electron chi connectivity index (χ1n) is 7.83. The van der Waals surface area contributed by atoms with Gasteiger partial charge < -0.3 is 14.6 Å². The van der Waals surface area contributed by atoms with Crippen LogP contribution < -0.4 is 0 Å². The van der Waals surface area contributed by atoms with E-state index < -0.39 is 24.2 Å². The topological polar surface area (TPSA) is 76.1 Å². The van der Waals surface area contributed by atoms with Gasteiger partial charge >= 0.3 is 12.1 Å². The van der Waals surface area contributed by atoms with Crippen molar-refractivity contribution in [2.24, 2.45) is 0 Å². The Morgan fingerprint density at radius 1 is 1.26 bits per heavy atom. The summed E-state index contributed by atoms with van der Waals surface area (Å²) in [6.45, 7) is 3.71. The van der Waals surface area contributed by atoms with E-state index in [1.807, 2.05) is 30.3 Å². The summed E-state index contributed by atoms with van der Waals surface area (Å²) in [5.74, 6) is -0.471. The summed E-state index contributed by atoms with van der Waals surface area (Å²) in [7, 11) is 0. The molecule has 0 radical (unpaired) electrons. The number of carbonyl (C=O) groups excluding carboxylic acids is 2. The number of nitrogens with zero attached hydrogens (tertiary/aromatic N) is 1. The molecule has 2 rings (SSSR count). The average molecular weight is 321 g/mol. The van der Waals surface area contributed by atoms with Crippen molar-refractivity contribution in [3.05, 3.63) is 35.9 Å². The van der Waals surface area contributed by atoms with Gasteiger partial charge in [-0.1, -0.05) is 30.3 Å². The molecule has 0 aliphatic carbocycles. The van der Waals surface area contributed by atoms with Crippen molar-refractivity contribution < 1.29 is 24.2 Å². The number of hydrogen-bond acceptors (Lipinski definition) is 5. The Hall–Kier alpha value is -2.08. The van der Waals surface area contributed by atoms with Crippen molar-refractivity contribution in [3.63, 3.8) is 0 Å². The number of piperidine rings is 1. The highest BCUT2D eigenvalue weighted by atomic mass is 16.6. The van der Waals surface area contributed by atoms with Gasteiger partial charge in [0.15, 0.2) is 0 Å². The number of aliphatic hydroxyl groups is 1. The average Bonchev–Trinajstić information content (AvgIpc) is 2.53. The zero-order chi connectivity index (χ0) is 16.8. The Kier molecular flexibility index (Phi) is 5.98. The summed E-state index contributed by atoms with van der Waals surface area (Å²) < 4.78 is 10.5. The van der Waals surface area contributed by atoms with Crippen molar-refractivity contribution in [1.82, 2.24) is 4.90 Å². The number of likely N-dealkylation sites (tertiary alicyclic amines) is 1. The molecule has 1 fully saturated rings. The van der Waals surface area contributed by atoms with E-state index in [1.165, 1.54) is 4.90 Å². The van der Waals surface area contributed by atoms with E-state index in [1.54, 1.807) is 13.8 Å².